The van der Waals surface area contributed by atoms with Gasteiger partial charge in [-0.05, 0) is 86.1 Å². The molecule has 4 aromatic rings. The first kappa shape index (κ1) is 32.1. The molecule has 4 aromatic carbocycles. The number of carbonyl (C=O) groups is 2. The summed E-state index contributed by atoms with van der Waals surface area (Å²) in [6.45, 7) is 3.21. The predicted octanol–water partition coefficient (Wildman–Crippen LogP) is 5.41. The minimum Gasteiger partial charge on any atom is -0.492 e. The largest absolute Gasteiger partial charge is 0.492 e. The molecule has 2 amide bonds. The number of benzene rings is 4. The van der Waals surface area contributed by atoms with E-state index in [2.05, 4.69) is 15.8 Å². The van der Waals surface area contributed by atoms with E-state index in [0.29, 0.717) is 34.4 Å². The Morgan fingerprint density at radius 3 is 2.34 bits per heavy atom. The van der Waals surface area contributed by atoms with Gasteiger partial charge in [-0.3, -0.25) is 13.9 Å². The molecular formula is C32H31ClN4O6S. The van der Waals surface area contributed by atoms with Crippen molar-refractivity contribution in [2.24, 2.45) is 5.10 Å². The number of para-hydroxylation sites is 2. The van der Waals surface area contributed by atoms with Crippen molar-refractivity contribution < 1.29 is 27.5 Å². The highest BCUT2D eigenvalue weighted by molar-refractivity contribution is 7.92. The maximum atomic E-state index is 13.7. The molecule has 228 valence electrons. The molecule has 0 aliphatic carbocycles. The Bertz CT molecular complexity index is 1730. The molecule has 0 radical (unpaired) electrons. The Kier molecular flexibility index (Phi) is 11.0. The second kappa shape index (κ2) is 15.0. The highest BCUT2D eigenvalue weighted by atomic mass is 35.5. The highest BCUT2D eigenvalue weighted by Crippen LogP contribution is 2.32. The summed E-state index contributed by atoms with van der Waals surface area (Å²) in [7, 11) is -4.13. The number of amides is 2. The lowest BCUT2D eigenvalue weighted by atomic mass is 10.2. The van der Waals surface area contributed by atoms with E-state index < -0.39 is 22.5 Å². The fraction of sp³-hybridized carbons (Fsp3) is 0.156. The van der Waals surface area contributed by atoms with Gasteiger partial charge in [-0.15, -0.1) is 0 Å². The summed E-state index contributed by atoms with van der Waals surface area (Å²) in [5, 5.41) is 7.19. The van der Waals surface area contributed by atoms with Crippen molar-refractivity contribution in [3.63, 3.8) is 0 Å². The highest BCUT2D eigenvalue weighted by Gasteiger charge is 2.29. The quantitative estimate of drug-likeness (QED) is 0.150. The van der Waals surface area contributed by atoms with Crippen LogP contribution in [0.4, 0.5) is 11.4 Å². The summed E-state index contributed by atoms with van der Waals surface area (Å²) in [5.74, 6) is -0.222. The van der Waals surface area contributed by atoms with Crippen LogP contribution < -0.4 is 24.5 Å². The van der Waals surface area contributed by atoms with E-state index in [4.69, 9.17) is 21.1 Å². The number of hydrogen-bond acceptors (Lipinski definition) is 7. The lowest BCUT2D eigenvalue weighted by molar-refractivity contribution is -0.119. The molecule has 4 rings (SSSR count). The normalized spacial score (nSPS) is 11.2. The molecule has 10 nitrogen and oxygen atoms in total. The van der Waals surface area contributed by atoms with E-state index >= 15 is 0 Å². The van der Waals surface area contributed by atoms with Crippen LogP contribution in [-0.2, 0) is 19.6 Å². The van der Waals surface area contributed by atoms with Crippen LogP contribution in [0.3, 0.4) is 0 Å². The van der Waals surface area contributed by atoms with E-state index in [9.17, 15) is 18.0 Å². The number of ether oxygens (including phenoxy) is 2. The van der Waals surface area contributed by atoms with Crippen molar-refractivity contribution in [1.29, 1.82) is 0 Å². The standard InChI is InChI=1S/C32H31ClN4O6S/c1-3-42-30-10-5-4-9-29(30)37(44(40,41)28-17-11-23(2)12-18-28)21-31(38)36-34-20-24-13-15-27(16-14-24)43-22-32(39)35-26-8-6-7-25(33)19-26/h4-20H,3,21-22H2,1-2H3,(H,35,39)(H,36,38)/b34-20-. The van der Waals surface area contributed by atoms with Crippen LogP contribution in [0, 0.1) is 6.92 Å². The number of hydrazone groups is 1. The van der Waals surface area contributed by atoms with Gasteiger partial charge >= 0.3 is 0 Å². The molecule has 0 saturated heterocycles. The van der Waals surface area contributed by atoms with Crippen LogP contribution in [0.2, 0.25) is 5.02 Å². The fourth-order valence-electron chi connectivity index (χ4n) is 3.98. The Morgan fingerprint density at radius 1 is 0.909 bits per heavy atom. The van der Waals surface area contributed by atoms with Crippen molar-refractivity contribution in [1.82, 2.24) is 5.43 Å². The summed E-state index contributed by atoms with van der Waals surface area (Å²) in [4.78, 5) is 25.1. The molecule has 0 aromatic heterocycles. The van der Waals surface area contributed by atoms with Crippen LogP contribution >= 0.6 is 11.6 Å². The zero-order valence-corrected chi connectivity index (χ0v) is 25.6. The molecule has 0 fully saturated rings. The predicted molar refractivity (Wildman–Crippen MR) is 171 cm³/mol. The van der Waals surface area contributed by atoms with Gasteiger partial charge in [0.25, 0.3) is 21.8 Å². The zero-order chi connectivity index (χ0) is 31.5. The summed E-state index contributed by atoms with van der Waals surface area (Å²) >= 11 is 5.93. The third-order valence-electron chi connectivity index (χ3n) is 6.09. The van der Waals surface area contributed by atoms with Crippen molar-refractivity contribution >= 4 is 51.0 Å². The maximum absolute atomic E-state index is 13.7. The molecule has 0 aliphatic heterocycles. The van der Waals surface area contributed by atoms with Gasteiger partial charge in [-0.25, -0.2) is 13.8 Å². The first-order valence-electron chi connectivity index (χ1n) is 13.6. The van der Waals surface area contributed by atoms with Crippen LogP contribution in [0.25, 0.3) is 0 Å². The van der Waals surface area contributed by atoms with Gasteiger partial charge in [0.05, 0.1) is 23.4 Å². The van der Waals surface area contributed by atoms with E-state index in [1.165, 1.54) is 18.3 Å². The average molecular weight is 635 g/mol. The summed E-state index contributed by atoms with van der Waals surface area (Å²) in [6.07, 6.45) is 1.40. The zero-order valence-electron chi connectivity index (χ0n) is 24.1. The molecule has 0 unspecified atom stereocenters. The first-order chi connectivity index (χ1) is 21.2. The number of nitrogens with zero attached hydrogens (tertiary/aromatic N) is 2. The number of sulfonamides is 1. The third-order valence-corrected chi connectivity index (χ3v) is 8.10. The monoisotopic (exact) mass is 634 g/mol. The number of hydrogen-bond donors (Lipinski definition) is 2. The van der Waals surface area contributed by atoms with E-state index in [1.807, 2.05) is 6.92 Å². The van der Waals surface area contributed by atoms with E-state index in [-0.39, 0.29) is 23.1 Å². The summed E-state index contributed by atoms with van der Waals surface area (Å²) < 4.78 is 39.5. The molecule has 44 heavy (non-hydrogen) atoms. The molecular weight excluding hydrogens is 604 g/mol. The molecule has 12 heteroatoms. The number of nitrogens with one attached hydrogen (secondary N) is 2. The number of halogens is 1. The number of carbonyl (C=O) groups excluding carboxylic acids is 2. The Morgan fingerprint density at radius 2 is 1.64 bits per heavy atom. The molecule has 0 aliphatic rings. The molecule has 0 atom stereocenters. The lowest BCUT2D eigenvalue weighted by Crippen LogP contribution is -2.39. The van der Waals surface area contributed by atoms with Crippen molar-refractivity contribution in [3.05, 3.63) is 113 Å². The first-order valence-corrected chi connectivity index (χ1v) is 15.4. The average Bonchev–Trinajstić information content (AvgIpc) is 3.00. The van der Waals surface area contributed by atoms with Crippen LogP contribution in [0.5, 0.6) is 11.5 Å². The number of aryl methyl sites for hydroxylation is 1. The van der Waals surface area contributed by atoms with Crippen molar-refractivity contribution in [2.75, 3.05) is 29.4 Å². The van der Waals surface area contributed by atoms with Gasteiger partial charge in [0, 0.05) is 10.7 Å². The SMILES string of the molecule is CCOc1ccccc1N(CC(=O)N/N=C\c1ccc(OCC(=O)Nc2cccc(Cl)c2)cc1)S(=O)(=O)c1ccc(C)cc1. The molecule has 0 bridgehead atoms. The minimum absolute atomic E-state index is 0.0370. The molecule has 2 N–H and O–H groups in total. The molecule has 0 saturated carbocycles. The molecule has 0 spiro atoms. The summed E-state index contributed by atoms with van der Waals surface area (Å²) in [5.41, 5.74) is 4.71. The Balaban J connectivity index is 1.39. The van der Waals surface area contributed by atoms with Gasteiger partial charge < -0.3 is 14.8 Å². The molecule has 0 heterocycles. The van der Waals surface area contributed by atoms with Crippen LogP contribution in [0.1, 0.15) is 18.1 Å². The van der Waals surface area contributed by atoms with Crippen LogP contribution in [-0.4, -0.2) is 46.2 Å². The van der Waals surface area contributed by atoms with Crippen molar-refractivity contribution in [2.45, 2.75) is 18.7 Å². The Labute approximate surface area is 261 Å². The second-order valence-electron chi connectivity index (χ2n) is 9.43. The van der Waals surface area contributed by atoms with E-state index in [0.717, 1.165) is 9.87 Å². The van der Waals surface area contributed by atoms with Gasteiger partial charge in [0.15, 0.2) is 6.61 Å². The van der Waals surface area contributed by atoms with Crippen LogP contribution in [0.15, 0.2) is 107 Å². The Hall–Kier alpha value is -4.87. The van der Waals surface area contributed by atoms with Gasteiger partial charge in [0.2, 0.25) is 0 Å². The summed E-state index contributed by atoms with van der Waals surface area (Å²) in [6, 6.07) is 26.5. The van der Waals surface area contributed by atoms with Gasteiger partial charge in [-0.2, -0.15) is 5.10 Å². The van der Waals surface area contributed by atoms with Gasteiger partial charge in [-0.1, -0.05) is 47.5 Å². The third kappa shape index (κ3) is 8.82. The minimum atomic E-state index is -4.13. The van der Waals surface area contributed by atoms with Gasteiger partial charge in [0.1, 0.15) is 18.0 Å². The van der Waals surface area contributed by atoms with E-state index in [1.54, 1.807) is 91.9 Å². The number of anilines is 2. The lowest BCUT2D eigenvalue weighted by Gasteiger charge is -2.25. The van der Waals surface area contributed by atoms with Crippen molar-refractivity contribution in [3.8, 4) is 11.5 Å². The fourth-order valence-corrected chi connectivity index (χ4v) is 5.61. The topological polar surface area (TPSA) is 126 Å². The maximum Gasteiger partial charge on any atom is 0.264 e. The second-order valence-corrected chi connectivity index (χ2v) is 11.7. The number of rotatable bonds is 13. The smallest absolute Gasteiger partial charge is 0.264 e.